The fourth-order valence-electron chi connectivity index (χ4n) is 3.55. The predicted molar refractivity (Wildman–Crippen MR) is 134 cm³/mol. The number of hydrogen-bond donors (Lipinski definition) is 3. The number of halogens is 1. The first-order valence-electron chi connectivity index (χ1n) is 10.3. The minimum atomic E-state index is -0.227. The number of methoxy groups -OCH3 is 2. The maximum absolute atomic E-state index is 11.9. The largest absolute Gasteiger partial charge is 0.497 e. The molecule has 0 saturated carbocycles. The Balaban J connectivity index is 0.00000363. The first kappa shape index (κ1) is 25.8. The van der Waals surface area contributed by atoms with E-state index in [-0.39, 0.29) is 29.9 Å². The van der Waals surface area contributed by atoms with Crippen molar-refractivity contribution in [1.82, 2.24) is 20.9 Å². The Hall–Kier alpha value is -2.47. The molecule has 2 heterocycles. The topological polar surface area (TPSA) is 100 Å². The van der Waals surface area contributed by atoms with Crippen molar-refractivity contribution in [3.63, 3.8) is 0 Å². The summed E-state index contributed by atoms with van der Waals surface area (Å²) in [4.78, 5) is 18.5. The minimum Gasteiger partial charge on any atom is -0.497 e. The van der Waals surface area contributed by atoms with E-state index in [9.17, 15) is 4.79 Å². The predicted octanol–water partition coefficient (Wildman–Crippen LogP) is 2.08. The number of guanidine groups is 1. The van der Waals surface area contributed by atoms with Crippen LogP contribution in [0, 0.1) is 0 Å². The summed E-state index contributed by atoms with van der Waals surface area (Å²) in [7, 11) is 5.07. The molecule has 1 amide bonds. The van der Waals surface area contributed by atoms with Crippen LogP contribution in [0.5, 0.6) is 11.5 Å². The van der Waals surface area contributed by atoms with Crippen molar-refractivity contribution in [3.8, 4) is 11.5 Å². The second kappa shape index (κ2) is 13.2. The number of rotatable bonds is 9. The summed E-state index contributed by atoms with van der Waals surface area (Å²) < 4.78 is 15.8. The number of carbonyl (C=O) groups is 1. The van der Waals surface area contributed by atoms with Gasteiger partial charge in [-0.2, -0.15) is 0 Å². The number of hydrogen-bond acceptors (Lipinski definition) is 6. The Kier molecular flexibility index (Phi) is 10.6. The molecule has 1 fully saturated rings. The monoisotopic (exact) mass is 557 g/mol. The third-order valence-corrected chi connectivity index (χ3v) is 5.10. The standard InChI is InChI=1S/C22H31N5O4.HI/c1-23-22(25-8-7-24-21(28)20-5-4-10-31-20)26-17-6-9-27(15-17)14-16-11-18(29-2)13-19(12-16)30-3;/h4-5,10-13,17H,6-9,14-15H2,1-3H3,(H,24,28)(H2,23,25,26);1H. The third kappa shape index (κ3) is 7.59. The van der Waals surface area contributed by atoms with E-state index in [1.807, 2.05) is 18.2 Å². The van der Waals surface area contributed by atoms with Crippen LogP contribution >= 0.6 is 24.0 Å². The summed E-state index contributed by atoms with van der Waals surface area (Å²) >= 11 is 0. The van der Waals surface area contributed by atoms with Gasteiger partial charge in [0.15, 0.2) is 11.7 Å². The van der Waals surface area contributed by atoms with Crippen LogP contribution in [0.2, 0.25) is 0 Å². The molecular weight excluding hydrogens is 525 g/mol. The van der Waals surface area contributed by atoms with Crippen LogP contribution in [0.3, 0.4) is 0 Å². The van der Waals surface area contributed by atoms with Crippen LogP contribution in [-0.4, -0.2) is 70.3 Å². The smallest absolute Gasteiger partial charge is 0.287 e. The van der Waals surface area contributed by atoms with Gasteiger partial charge in [0.2, 0.25) is 0 Å². The average molecular weight is 557 g/mol. The molecule has 9 nitrogen and oxygen atoms in total. The van der Waals surface area contributed by atoms with Gasteiger partial charge in [-0.3, -0.25) is 14.7 Å². The normalized spacial score (nSPS) is 16.2. The highest BCUT2D eigenvalue weighted by Gasteiger charge is 2.23. The molecule has 0 radical (unpaired) electrons. The molecule has 1 atom stereocenters. The molecule has 3 rings (SSSR count). The zero-order chi connectivity index (χ0) is 22.1. The molecule has 3 N–H and O–H groups in total. The molecule has 1 aliphatic heterocycles. The van der Waals surface area contributed by atoms with Crippen molar-refractivity contribution in [3.05, 3.63) is 47.9 Å². The molecule has 0 aliphatic carbocycles. The van der Waals surface area contributed by atoms with E-state index in [1.54, 1.807) is 33.4 Å². The van der Waals surface area contributed by atoms with Crippen LogP contribution in [0.4, 0.5) is 0 Å². The molecule has 1 aromatic heterocycles. The SMILES string of the molecule is CN=C(NCCNC(=O)c1ccco1)NC1CCN(Cc2cc(OC)cc(OC)c2)C1.I. The quantitative estimate of drug-likeness (QED) is 0.188. The summed E-state index contributed by atoms with van der Waals surface area (Å²) in [6.45, 7) is 3.76. The van der Waals surface area contributed by atoms with Crippen LogP contribution in [-0.2, 0) is 6.54 Å². The molecular formula is C22H32IN5O4. The molecule has 32 heavy (non-hydrogen) atoms. The summed E-state index contributed by atoms with van der Waals surface area (Å²) in [5, 5.41) is 9.50. The Labute approximate surface area is 205 Å². The lowest BCUT2D eigenvalue weighted by molar-refractivity contribution is 0.0926. The van der Waals surface area contributed by atoms with Gasteiger partial charge in [-0.15, -0.1) is 24.0 Å². The second-order valence-electron chi connectivity index (χ2n) is 7.32. The number of ether oxygens (including phenoxy) is 2. The lowest BCUT2D eigenvalue weighted by Crippen LogP contribution is -2.46. The van der Waals surface area contributed by atoms with Crippen molar-refractivity contribution in [2.75, 3.05) is 47.4 Å². The van der Waals surface area contributed by atoms with Gasteiger partial charge in [-0.25, -0.2) is 0 Å². The third-order valence-electron chi connectivity index (χ3n) is 5.10. The number of carbonyl (C=O) groups excluding carboxylic acids is 1. The fourth-order valence-corrected chi connectivity index (χ4v) is 3.55. The van der Waals surface area contributed by atoms with Gasteiger partial charge in [0, 0.05) is 51.9 Å². The van der Waals surface area contributed by atoms with E-state index in [4.69, 9.17) is 13.9 Å². The van der Waals surface area contributed by atoms with E-state index in [1.165, 1.54) is 6.26 Å². The maximum atomic E-state index is 11.9. The number of furan rings is 1. The van der Waals surface area contributed by atoms with E-state index < -0.39 is 0 Å². The summed E-state index contributed by atoms with van der Waals surface area (Å²) in [6, 6.07) is 9.59. The van der Waals surface area contributed by atoms with Crippen molar-refractivity contribution in [2.45, 2.75) is 19.0 Å². The zero-order valence-corrected chi connectivity index (χ0v) is 21.1. The molecule has 1 unspecified atom stereocenters. The number of aliphatic imine (C=N–C) groups is 1. The Morgan fingerprint density at radius 3 is 2.53 bits per heavy atom. The molecule has 1 aliphatic rings. The summed E-state index contributed by atoms with van der Waals surface area (Å²) in [6.07, 6.45) is 2.51. The lowest BCUT2D eigenvalue weighted by Gasteiger charge is -2.19. The first-order valence-corrected chi connectivity index (χ1v) is 10.3. The molecule has 0 spiro atoms. The van der Waals surface area contributed by atoms with Crippen molar-refractivity contribution < 1.29 is 18.7 Å². The van der Waals surface area contributed by atoms with Crippen LogP contribution in [0.15, 0.2) is 46.0 Å². The Morgan fingerprint density at radius 1 is 1.19 bits per heavy atom. The number of amides is 1. The Bertz CT molecular complexity index is 853. The molecule has 2 aromatic rings. The van der Waals surface area contributed by atoms with Gasteiger partial charge in [0.25, 0.3) is 5.91 Å². The highest BCUT2D eigenvalue weighted by molar-refractivity contribution is 14.0. The number of nitrogens with one attached hydrogen (secondary N) is 3. The Morgan fingerprint density at radius 2 is 1.91 bits per heavy atom. The zero-order valence-electron chi connectivity index (χ0n) is 18.7. The van der Waals surface area contributed by atoms with E-state index in [0.717, 1.165) is 49.1 Å². The van der Waals surface area contributed by atoms with E-state index in [2.05, 4.69) is 25.8 Å². The van der Waals surface area contributed by atoms with E-state index >= 15 is 0 Å². The average Bonchev–Trinajstić information content (AvgIpc) is 3.47. The van der Waals surface area contributed by atoms with Crippen LogP contribution in [0.1, 0.15) is 22.5 Å². The van der Waals surface area contributed by atoms with Crippen LogP contribution < -0.4 is 25.4 Å². The number of likely N-dealkylation sites (tertiary alicyclic amines) is 1. The highest BCUT2D eigenvalue weighted by atomic mass is 127. The minimum absolute atomic E-state index is 0. The van der Waals surface area contributed by atoms with Crippen LogP contribution in [0.25, 0.3) is 0 Å². The van der Waals surface area contributed by atoms with Gasteiger partial charge >= 0.3 is 0 Å². The van der Waals surface area contributed by atoms with Gasteiger partial charge in [0.05, 0.1) is 20.5 Å². The van der Waals surface area contributed by atoms with E-state index in [0.29, 0.717) is 24.9 Å². The molecule has 10 heteroatoms. The molecule has 1 saturated heterocycles. The van der Waals surface area contributed by atoms with Gasteiger partial charge in [-0.05, 0) is 36.2 Å². The number of nitrogens with zero attached hydrogens (tertiary/aromatic N) is 2. The lowest BCUT2D eigenvalue weighted by atomic mass is 10.2. The van der Waals surface area contributed by atoms with Crippen molar-refractivity contribution in [1.29, 1.82) is 0 Å². The maximum Gasteiger partial charge on any atom is 0.287 e. The van der Waals surface area contributed by atoms with Crippen molar-refractivity contribution in [2.24, 2.45) is 4.99 Å². The summed E-state index contributed by atoms with van der Waals surface area (Å²) in [5.74, 6) is 2.40. The van der Waals surface area contributed by atoms with Gasteiger partial charge < -0.3 is 29.8 Å². The molecule has 0 bridgehead atoms. The van der Waals surface area contributed by atoms with Gasteiger partial charge in [0.1, 0.15) is 11.5 Å². The first-order chi connectivity index (χ1) is 15.1. The second-order valence-corrected chi connectivity index (χ2v) is 7.32. The summed E-state index contributed by atoms with van der Waals surface area (Å²) in [5.41, 5.74) is 1.16. The fraction of sp³-hybridized carbons (Fsp3) is 0.455. The van der Waals surface area contributed by atoms with Crippen molar-refractivity contribution >= 4 is 35.8 Å². The molecule has 1 aromatic carbocycles. The number of benzene rings is 1. The highest BCUT2D eigenvalue weighted by Crippen LogP contribution is 2.24. The molecule has 176 valence electrons. The van der Waals surface area contributed by atoms with Gasteiger partial charge in [-0.1, -0.05) is 0 Å².